The highest BCUT2D eigenvalue weighted by atomic mass is 16.3. The molecule has 1 aliphatic carbocycles. The average molecular weight is 389 g/mol. The van der Waals surface area contributed by atoms with Crippen LogP contribution in [0.4, 0.5) is 0 Å². The number of nitrogens with zero attached hydrogens (tertiary/aromatic N) is 2. The molecular formula is C24H27N3O2. The van der Waals surface area contributed by atoms with Gasteiger partial charge in [0.15, 0.2) is 0 Å². The van der Waals surface area contributed by atoms with Crippen molar-refractivity contribution < 1.29 is 9.90 Å². The van der Waals surface area contributed by atoms with Gasteiger partial charge in [0.05, 0.1) is 23.0 Å². The summed E-state index contributed by atoms with van der Waals surface area (Å²) in [6.07, 6.45) is 5.72. The number of aromatic nitrogens is 2. The van der Waals surface area contributed by atoms with Gasteiger partial charge in [0, 0.05) is 24.1 Å². The number of hydrogen-bond acceptors (Lipinski definition) is 3. The molecule has 1 saturated heterocycles. The summed E-state index contributed by atoms with van der Waals surface area (Å²) in [6.45, 7) is 4.48. The quantitative estimate of drug-likeness (QED) is 0.693. The molecule has 2 aromatic carbocycles. The maximum Gasteiger partial charge on any atom is 0.254 e. The van der Waals surface area contributed by atoms with Gasteiger partial charge in [-0.15, -0.1) is 0 Å². The fourth-order valence-electron chi connectivity index (χ4n) is 5.13. The number of carbonyl (C=O) groups excluding carboxylic acids is 1. The van der Waals surface area contributed by atoms with E-state index in [-0.39, 0.29) is 11.9 Å². The normalized spacial score (nSPS) is 21.7. The number of piperidine rings is 1. The van der Waals surface area contributed by atoms with Crippen LogP contribution in [-0.4, -0.2) is 38.5 Å². The Kier molecular flexibility index (Phi) is 4.24. The van der Waals surface area contributed by atoms with Crippen LogP contribution in [0.3, 0.4) is 0 Å². The van der Waals surface area contributed by atoms with Gasteiger partial charge in [-0.1, -0.05) is 18.2 Å². The summed E-state index contributed by atoms with van der Waals surface area (Å²) >= 11 is 0. The van der Waals surface area contributed by atoms with Crippen LogP contribution in [0.25, 0.3) is 11.0 Å². The van der Waals surface area contributed by atoms with Crippen molar-refractivity contribution in [2.75, 3.05) is 6.54 Å². The molecule has 1 aliphatic heterocycles. The second kappa shape index (κ2) is 6.70. The first-order valence-corrected chi connectivity index (χ1v) is 10.5. The predicted molar refractivity (Wildman–Crippen MR) is 113 cm³/mol. The Morgan fingerprint density at radius 1 is 1.21 bits per heavy atom. The van der Waals surface area contributed by atoms with E-state index in [4.69, 9.17) is 0 Å². The van der Waals surface area contributed by atoms with Crippen LogP contribution in [0.2, 0.25) is 0 Å². The molecular weight excluding hydrogens is 362 g/mol. The lowest BCUT2D eigenvalue weighted by atomic mass is 9.73. The number of benzene rings is 2. The minimum absolute atomic E-state index is 0.112. The molecule has 0 radical (unpaired) electrons. The summed E-state index contributed by atoms with van der Waals surface area (Å²) in [4.78, 5) is 22.8. The van der Waals surface area contributed by atoms with E-state index in [1.54, 1.807) is 6.33 Å². The molecule has 2 atom stereocenters. The molecule has 5 nitrogen and oxygen atoms in total. The summed E-state index contributed by atoms with van der Waals surface area (Å²) in [7, 11) is 0. The first-order valence-electron chi connectivity index (χ1n) is 10.5. The molecule has 2 aliphatic rings. The van der Waals surface area contributed by atoms with Crippen LogP contribution in [0.1, 0.15) is 66.1 Å². The lowest BCUT2D eigenvalue weighted by Crippen LogP contribution is -2.49. The second-order valence-corrected chi connectivity index (χ2v) is 8.96. The molecule has 2 heterocycles. The van der Waals surface area contributed by atoms with Crippen molar-refractivity contribution in [3.05, 3.63) is 65.0 Å². The number of nitrogens with one attached hydrogen (secondary N) is 1. The SMILES string of the molecule is CC(C)(O)c1ccc2c(c1)CCC1C2CCCN1C(=O)c1ccc2[nH]cnc2c1. The number of amides is 1. The largest absolute Gasteiger partial charge is 0.386 e. The standard InChI is InChI=1S/C24H27N3O2/c1-24(2,29)17-7-8-18-15(12-17)6-10-22-19(18)4-3-11-27(22)23(28)16-5-9-20-21(13-16)26-14-25-20/h5,7-9,12-14,19,22,29H,3-4,6,10-11H2,1-2H3,(H,25,26). The van der Waals surface area contributed by atoms with Crippen LogP contribution in [0.5, 0.6) is 0 Å². The second-order valence-electron chi connectivity index (χ2n) is 8.96. The maximum absolute atomic E-state index is 13.4. The van der Waals surface area contributed by atoms with Crippen molar-refractivity contribution in [1.29, 1.82) is 0 Å². The molecule has 1 amide bonds. The van der Waals surface area contributed by atoms with E-state index in [1.807, 2.05) is 38.1 Å². The molecule has 29 heavy (non-hydrogen) atoms. The van der Waals surface area contributed by atoms with Crippen molar-refractivity contribution in [1.82, 2.24) is 14.9 Å². The fraction of sp³-hybridized carbons (Fsp3) is 0.417. The number of rotatable bonds is 2. The highest BCUT2D eigenvalue weighted by Gasteiger charge is 2.39. The number of aromatic amines is 1. The van der Waals surface area contributed by atoms with Gasteiger partial charge in [-0.25, -0.2) is 4.98 Å². The monoisotopic (exact) mass is 389 g/mol. The fourth-order valence-corrected chi connectivity index (χ4v) is 5.13. The number of fused-ring (bicyclic) bond motifs is 4. The van der Waals surface area contributed by atoms with Crippen molar-refractivity contribution in [3.63, 3.8) is 0 Å². The predicted octanol–water partition coefficient (Wildman–Crippen LogP) is 4.12. The summed E-state index contributed by atoms with van der Waals surface area (Å²) < 4.78 is 0. The van der Waals surface area contributed by atoms with Gasteiger partial charge in [0.1, 0.15) is 0 Å². The minimum atomic E-state index is -0.828. The van der Waals surface area contributed by atoms with E-state index < -0.39 is 5.60 Å². The number of hydrogen-bond donors (Lipinski definition) is 2. The van der Waals surface area contributed by atoms with E-state index in [0.717, 1.165) is 48.8 Å². The summed E-state index contributed by atoms with van der Waals surface area (Å²) in [5, 5.41) is 10.4. The van der Waals surface area contributed by atoms with Crippen LogP contribution >= 0.6 is 0 Å². The van der Waals surface area contributed by atoms with Gasteiger partial charge in [0.2, 0.25) is 0 Å². The third-order valence-electron chi connectivity index (χ3n) is 6.67. The molecule has 3 aromatic rings. The zero-order valence-electron chi connectivity index (χ0n) is 17.0. The average Bonchev–Trinajstić information content (AvgIpc) is 3.19. The molecule has 150 valence electrons. The maximum atomic E-state index is 13.4. The number of imidazole rings is 1. The number of likely N-dealkylation sites (tertiary alicyclic amines) is 1. The van der Waals surface area contributed by atoms with Crippen LogP contribution < -0.4 is 0 Å². The van der Waals surface area contributed by atoms with E-state index in [2.05, 4.69) is 27.0 Å². The first kappa shape index (κ1) is 18.4. The number of H-pyrrole nitrogens is 1. The summed E-state index contributed by atoms with van der Waals surface area (Å²) in [5.41, 5.74) is 5.32. The Morgan fingerprint density at radius 2 is 2.07 bits per heavy atom. The van der Waals surface area contributed by atoms with Crippen molar-refractivity contribution in [3.8, 4) is 0 Å². The third-order valence-corrected chi connectivity index (χ3v) is 6.67. The minimum Gasteiger partial charge on any atom is -0.386 e. The topological polar surface area (TPSA) is 69.2 Å². The summed E-state index contributed by atoms with van der Waals surface area (Å²) in [5.74, 6) is 0.489. The van der Waals surface area contributed by atoms with Gasteiger partial charge < -0.3 is 15.0 Å². The molecule has 0 bridgehead atoms. The molecule has 2 N–H and O–H groups in total. The number of aliphatic hydroxyl groups is 1. The molecule has 0 spiro atoms. The van der Waals surface area contributed by atoms with E-state index in [0.29, 0.717) is 11.5 Å². The number of aryl methyl sites for hydroxylation is 1. The molecule has 5 heteroatoms. The summed E-state index contributed by atoms with van der Waals surface area (Å²) in [6, 6.07) is 12.4. The van der Waals surface area contributed by atoms with Gasteiger partial charge in [-0.05, 0) is 74.4 Å². The van der Waals surface area contributed by atoms with E-state index >= 15 is 0 Å². The van der Waals surface area contributed by atoms with Gasteiger partial charge in [0.25, 0.3) is 5.91 Å². The Labute approximate surface area is 170 Å². The smallest absolute Gasteiger partial charge is 0.254 e. The first-order chi connectivity index (χ1) is 13.9. The van der Waals surface area contributed by atoms with E-state index in [1.165, 1.54) is 11.1 Å². The van der Waals surface area contributed by atoms with Crippen molar-refractivity contribution in [2.45, 2.75) is 57.1 Å². The van der Waals surface area contributed by atoms with Crippen LogP contribution in [0, 0.1) is 0 Å². The van der Waals surface area contributed by atoms with Gasteiger partial charge >= 0.3 is 0 Å². The molecule has 2 unspecified atom stereocenters. The Morgan fingerprint density at radius 3 is 2.90 bits per heavy atom. The van der Waals surface area contributed by atoms with E-state index in [9.17, 15) is 9.90 Å². The van der Waals surface area contributed by atoms with Gasteiger partial charge in [-0.3, -0.25) is 4.79 Å². The number of carbonyl (C=O) groups is 1. The Balaban J connectivity index is 1.45. The van der Waals surface area contributed by atoms with Crippen molar-refractivity contribution >= 4 is 16.9 Å². The zero-order valence-corrected chi connectivity index (χ0v) is 17.0. The molecule has 0 saturated carbocycles. The highest BCUT2D eigenvalue weighted by molar-refractivity contribution is 5.97. The van der Waals surface area contributed by atoms with Crippen molar-refractivity contribution in [2.24, 2.45) is 0 Å². The van der Waals surface area contributed by atoms with Gasteiger partial charge in [-0.2, -0.15) is 0 Å². The zero-order chi connectivity index (χ0) is 20.2. The van der Waals surface area contributed by atoms with Crippen LogP contribution in [0.15, 0.2) is 42.7 Å². The van der Waals surface area contributed by atoms with Crippen LogP contribution in [-0.2, 0) is 12.0 Å². The third kappa shape index (κ3) is 3.14. The Bertz CT molecular complexity index is 1080. The lowest BCUT2D eigenvalue weighted by Gasteiger charge is -2.45. The Hall–Kier alpha value is -2.66. The highest BCUT2D eigenvalue weighted by Crippen LogP contribution is 2.42. The molecule has 5 rings (SSSR count). The molecule has 1 fully saturated rings. The lowest BCUT2D eigenvalue weighted by molar-refractivity contribution is 0.0546. The molecule has 1 aromatic heterocycles.